The first-order valence-corrected chi connectivity index (χ1v) is 15.4. The van der Waals surface area contributed by atoms with Crippen LogP contribution in [0, 0.1) is 0 Å². The number of nitrogens with one attached hydrogen (secondary N) is 1. The summed E-state index contributed by atoms with van der Waals surface area (Å²) in [5.41, 5.74) is 0.341. The van der Waals surface area contributed by atoms with Crippen LogP contribution in [0.15, 0.2) is 48.8 Å². The molecule has 2 heterocycles. The topological polar surface area (TPSA) is 91.8 Å². The second-order valence-electron chi connectivity index (χ2n) is 14.0. The van der Waals surface area contributed by atoms with Crippen molar-refractivity contribution in [1.82, 2.24) is 15.2 Å². The van der Waals surface area contributed by atoms with E-state index in [9.17, 15) is 14.4 Å². The molecule has 1 saturated heterocycles. The molecular formula is C34H48N4O4. The van der Waals surface area contributed by atoms with Gasteiger partial charge in [-0.3, -0.25) is 24.4 Å². The first-order valence-electron chi connectivity index (χ1n) is 15.4. The normalized spacial score (nSPS) is 20.6. The molecule has 0 bridgehead atoms. The van der Waals surface area contributed by atoms with Crippen LogP contribution in [0.4, 0.5) is 10.5 Å². The summed E-state index contributed by atoms with van der Waals surface area (Å²) < 4.78 is 5.73. The molecule has 0 radical (unpaired) electrons. The van der Waals surface area contributed by atoms with Gasteiger partial charge in [0.25, 0.3) is 5.91 Å². The number of hydrogen-bond donors (Lipinski definition) is 1. The van der Waals surface area contributed by atoms with E-state index in [1.165, 1.54) is 11.3 Å². The van der Waals surface area contributed by atoms with Crippen LogP contribution >= 0.6 is 0 Å². The Balaban J connectivity index is 1.81. The molecule has 1 aromatic carbocycles. The number of rotatable bonds is 6. The number of nitrogens with zero attached hydrogens (tertiary/aromatic N) is 3. The van der Waals surface area contributed by atoms with Gasteiger partial charge in [-0.05, 0) is 82.6 Å². The van der Waals surface area contributed by atoms with E-state index in [4.69, 9.17) is 4.74 Å². The summed E-state index contributed by atoms with van der Waals surface area (Å²) >= 11 is 0. The van der Waals surface area contributed by atoms with Gasteiger partial charge in [0.2, 0.25) is 5.91 Å². The fourth-order valence-corrected chi connectivity index (χ4v) is 6.04. The second kappa shape index (κ2) is 12.4. The molecule has 1 aliphatic heterocycles. The van der Waals surface area contributed by atoms with Crippen LogP contribution in [-0.4, -0.2) is 51.5 Å². The molecule has 8 heteroatoms. The van der Waals surface area contributed by atoms with Gasteiger partial charge in [-0.25, -0.2) is 4.79 Å². The molecule has 42 heavy (non-hydrogen) atoms. The second-order valence-corrected chi connectivity index (χ2v) is 14.0. The minimum absolute atomic E-state index is 0.0611. The van der Waals surface area contributed by atoms with E-state index in [0.717, 1.165) is 31.2 Å². The van der Waals surface area contributed by atoms with Gasteiger partial charge in [0.15, 0.2) is 0 Å². The van der Waals surface area contributed by atoms with Crippen LogP contribution in [0.3, 0.4) is 0 Å². The highest BCUT2D eigenvalue weighted by molar-refractivity contribution is 6.07. The van der Waals surface area contributed by atoms with Crippen molar-refractivity contribution in [3.05, 3.63) is 59.9 Å². The number of carbonyl (C=O) groups excluding carboxylic acids is 3. The summed E-state index contributed by atoms with van der Waals surface area (Å²) in [6.07, 6.45) is 9.06. The van der Waals surface area contributed by atoms with Crippen molar-refractivity contribution in [2.75, 3.05) is 11.4 Å². The van der Waals surface area contributed by atoms with Crippen molar-refractivity contribution >= 4 is 23.6 Å². The van der Waals surface area contributed by atoms with E-state index in [0.29, 0.717) is 30.6 Å². The highest BCUT2D eigenvalue weighted by Gasteiger charge is 2.51. The van der Waals surface area contributed by atoms with E-state index in [2.05, 4.69) is 31.1 Å². The first kappa shape index (κ1) is 31.5. The highest BCUT2D eigenvalue weighted by Crippen LogP contribution is 2.38. The monoisotopic (exact) mass is 576 g/mol. The van der Waals surface area contributed by atoms with Gasteiger partial charge in [0.05, 0.1) is 0 Å². The zero-order valence-electron chi connectivity index (χ0n) is 26.4. The van der Waals surface area contributed by atoms with Crippen LogP contribution in [-0.2, 0) is 19.7 Å². The molecule has 3 amide bonds. The summed E-state index contributed by atoms with van der Waals surface area (Å²) in [6, 6.07) is 10.6. The van der Waals surface area contributed by atoms with Crippen LogP contribution in [0.5, 0.6) is 0 Å². The zero-order valence-corrected chi connectivity index (χ0v) is 26.4. The molecule has 4 rings (SSSR count). The lowest BCUT2D eigenvalue weighted by Gasteiger charge is -2.41. The molecule has 8 nitrogen and oxygen atoms in total. The minimum atomic E-state index is -1.20. The Morgan fingerprint density at radius 3 is 2.24 bits per heavy atom. The van der Waals surface area contributed by atoms with Gasteiger partial charge in [-0.2, -0.15) is 0 Å². The van der Waals surface area contributed by atoms with Gasteiger partial charge >= 0.3 is 6.09 Å². The van der Waals surface area contributed by atoms with Crippen molar-refractivity contribution in [3.8, 4) is 0 Å². The standard InChI is InChI=1S/C34H48N4O4/c1-32(2,3)25-16-18-27(19-17-25)38(30(40)34(7)20-12-22-37(34)31(41)42-33(4,5)6)28(24-13-11-21-35-23-24)29(39)36-26-14-9-8-10-15-26/h11,13,16-19,21,23,26,28H,8-10,12,14-15,20,22H2,1-7H3,(H,36,39)/t28?,34-/m1/s1. The third-order valence-electron chi connectivity index (χ3n) is 8.40. The van der Waals surface area contributed by atoms with Gasteiger partial charge in [0, 0.05) is 36.2 Å². The molecule has 2 aliphatic rings. The van der Waals surface area contributed by atoms with E-state index in [-0.39, 0.29) is 23.3 Å². The Morgan fingerprint density at radius 2 is 1.67 bits per heavy atom. The molecule has 2 aromatic rings. The Bertz CT molecular complexity index is 1240. The summed E-state index contributed by atoms with van der Waals surface area (Å²) in [5.74, 6) is -0.560. The summed E-state index contributed by atoms with van der Waals surface area (Å²) in [5, 5.41) is 3.26. The van der Waals surface area contributed by atoms with Gasteiger partial charge in [-0.1, -0.05) is 58.2 Å². The lowest BCUT2D eigenvalue weighted by atomic mass is 9.86. The number of likely N-dealkylation sites (tertiary alicyclic amines) is 1. The van der Waals surface area contributed by atoms with Crippen molar-refractivity contribution in [1.29, 1.82) is 0 Å². The molecule has 1 aliphatic carbocycles. The van der Waals surface area contributed by atoms with E-state index < -0.39 is 23.3 Å². The average Bonchev–Trinajstić information content (AvgIpc) is 3.34. The molecule has 0 spiro atoms. The number of aromatic nitrogens is 1. The number of amides is 3. The first-order chi connectivity index (χ1) is 19.7. The quantitative estimate of drug-likeness (QED) is 0.414. The Hall–Kier alpha value is -3.42. The Kier molecular flexibility index (Phi) is 9.33. The molecule has 2 atom stereocenters. The minimum Gasteiger partial charge on any atom is -0.444 e. The summed E-state index contributed by atoms with van der Waals surface area (Å²) in [7, 11) is 0. The fraction of sp³-hybridized carbons (Fsp3) is 0.588. The Morgan fingerprint density at radius 1 is 1.00 bits per heavy atom. The Labute approximate surface area is 251 Å². The molecule has 1 N–H and O–H groups in total. The third kappa shape index (κ3) is 7.13. The predicted molar refractivity (Wildman–Crippen MR) is 165 cm³/mol. The lowest BCUT2D eigenvalue weighted by Crippen LogP contribution is -2.59. The van der Waals surface area contributed by atoms with Crippen LogP contribution in [0.2, 0.25) is 0 Å². The highest BCUT2D eigenvalue weighted by atomic mass is 16.6. The van der Waals surface area contributed by atoms with E-state index in [1.807, 2.05) is 51.1 Å². The van der Waals surface area contributed by atoms with Crippen LogP contribution in [0.1, 0.15) is 111 Å². The fourth-order valence-electron chi connectivity index (χ4n) is 6.04. The van der Waals surface area contributed by atoms with Crippen molar-refractivity contribution in [2.45, 2.75) is 122 Å². The maximum atomic E-state index is 14.9. The zero-order chi connectivity index (χ0) is 30.7. The van der Waals surface area contributed by atoms with E-state index >= 15 is 0 Å². The largest absolute Gasteiger partial charge is 0.444 e. The molecule has 228 valence electrons. The third-order valence-corrected chi connectivity index (χ3v) is 8.40. The van der Waals surface area contributed by atoms with Gasteiger partial charge < -0.3 is 10.1 Å². The van der Waals surface area contributed by atoms with Crippen LogP contribution < -0.4 is 10.2 Å². The average molecular weight is 577 g/mol. The number of pyridine rings is 1. The number of benzene rings is 1. The summed E-state index contributed by atoms with van der Waals surface area (Å²) in [6.45, 7) is 14.1. The molecule has 1 unspecified atom stereocenters. The lowest BCUT2D eigenvalue weighted by molar-refractivity contribution is -0.132. The molecule has 1 aromatic heterocycles. The smallest absolute Gasteiger partial charge is 0.411 e. The van der Waals surface area contributed by atoms with Gasteiger partial charge in [-0.15, -0.1) is 0 Å². The molecule has 1 saturated carbocycles. The summed E-state index contributed by atoms with van der Waals surface area (Å²) in [4.78, 5) is 50.0. The number of ether oxygens (including phenoxy) is 1. The van der Waals surface area contributed by atoms with Gasteiger partial charge in [0.1, 0.15) is 17.2 Å². The maximum absolute atomic E-state index is 14.9. The number of carbonyl (C=O) groups is 3. The van der Waals surface area contributed by atoms with Crippen molar-refractivity contribution in [2.24, 2.45) is 0 Å². The van der Waals surface area contributed by atoms with E-state index in [1.54, 1.807) is 30.3 Å². The number of anilines is 1. The SMILES string of the molecule is CC(C)(C)OC(=O)N1CCC[C@]1(C)C(=O)N(c1ccc(C(C)(C)C)cc1)C(C(=O)NC1CCCCC1)c1cccnc1. The molecular weight excluding hydrogens is 528 g/mol. The van der Waals surface area contributed by atoms with Crippen molar-refractivity contribution in [3.63, 3.8) is 0 Å². The van der Waals surface area contributed by atoms with Crippen molar-refractivity contribution < 1.29 is 19.1 Å². The van der Waals surface area contributed by atoms with Crippen LogP contribution in [0.25, 0.3) is 0 Å². The number of hydrogen-bond acceptors (Lipinski definition) is 5. The predicted octanol–water partition coefficient (Wildman–Crippen LogP) is 6.69. The molecule has 2 fully saturated rings. The maximum Gasteiger partial charge on any atom is 0.411 e.